The van der Waals surface area contributed by atoms with Crippen LogP contribution in [0.5, 0.6) is 0 Å². The van der Waals surface area contributed by atoms with E-state index in [1.165, 1.54) is 19.4 Å². The minimum Gasteiger partial charge on any atom is -0.460 e. The first kappa shape index (κ1) is 17.0. The van der Waals surface area contributed by atoms with Crippen LogP contribution in [0.3, 0.4) is 0 Å². The van der Waals surface area contributed by atoms with E-state index in [0.29, 0.717) is 11.1 Å². The minimum absolute atomic E-state index is 0.662. The third kappa shape index (κ3) is 4.18. The van der Waals surface area contributed by atoms with Crippen molar-refractivity contribution in [2.75, 3.05) is 19.6 Å². The molecule has 1 saturated heterocycles. The summed E-state index contributed by atoms with van der Waals surface area (Å²) in [6, 6.07) is 10.5. The minimum atomic E-state index is 0.662. The number of halogens is 2. The zero-order chi connectivity index (χ0) is 16.2. The zero-order valence-electron chi connectivity index (χ0n) is 13.3. The van der Waals surface area contributed by atoms with Gasteiger partial charge in [-0.2, -0.15) is 0 Å². The summed E-state index contributed by atoms with van der Waals surface area (Å²) in [6.45, 7) is 6.37. The maximum atomic E-state index is 6.28. The first-order chi connectivity index (χ1) is 11.2. The molecule has 1 aromatic heterocycles. The second-order valence-corrected chi connectivity index (χ2v) is 7.27. The largest absolute Gasteiger partial charge is 0.460 e. The molecular formula is C18H22BrClN2O. The van der Waals surface area contributed by atoms with E-state index >= 15 is 0 Å². The number of nitrogens with zero attached hydrogens (tertiary/aromatic N) is 1. The smallest absolute Gasteiger partial charge is 0.135 e. The van der Waals surface area contributed by atoms with Gasteiger partial charge in [0.05, 0.1) is 11.6 Å². The lowest BCUT2D eigenvalue weighted by atomic mass is 10.2. The van der Waals surface area contributed by atoms with E-state index < -0.39 is 0 Å². The Morgan fingerprint density at radius 1 is 1.35 bits per heavy atom. The highest BCUT2D eigenvalue weighted by Gasteiger charge is 2.22. The average Bonchev–Trinajstić information content (AvgIpc) is 3.16. The van der Waals surface area contributed by atoms with Gasteiger partial charge in [0.25, 0.3) is 0 Å². The third-order valence-electron chi connectivity index (χ3n) is 4.44. The van der Waals surface area contributed by atoms with E-state index in [2.05, 4.69) is 33.1 Å². The van der Waals surface area contributed by atoms with Crippen molar-refractivity contribution in [3.8, 4) is 11.3 Å². The van der Waals surface area contributed by atoms with Crippen LogP contribution in [0.25, 0.3) is 11.3 Å². The van der Waals surface area contributed by atoms with Crippen LogP contribution in [-0.2, 0) is 6.54 Å². The van der Waals surface area contributed by atoms with Gasteiger partial charge in [0.2, 0.25) is 0 Å². The van der Waals surface area contributed by atoms with Gasteiger partial charge in [-0.3, -0.25) is 4.90 Å². The molecule has 1 fully saturated rings. The van der Waals surface area contributed by atoms with Crippen LogP contribution in [0, 0.1) is 0 Å². The molecule has 1 aromatic carbocycles. The van der Waals surface area contributed by atoms with Gasteiger partial charge in [-0.25, -0.2) is 0 Å². The summed E-state index contributed by atoms with van der Waals surface area (Å²) in [4.78, 5) is 2.54. The maximum absolute atomic E-state index is 6.28. The van der Waals surface area contributed by atoms with Gasteiger partial charge in [0, 0.05) is 22.6 Å². The van der Waals surface area contributed by atoms with Crippen molar-refractivity contribution in [3.63, 3.8) is 0 Å². The highest BCUT2D eigenvalue weighted by molar-refractivity contribution is 9.10. The first-order valence-electron chi connectivity index (χ1n) is 8.16. The van der Waals surface area contributed by atoms with E-state index in [4.69, 9.17) is 16.0 Å². The second-order valence-electron chi connectivity index (χ2n) is 5.95. The van der Waals surface area contributed by atoms with Crippen molar-refractivity contribution >= 4 is 27.5 Å². The highest BCUT2D eigenvalue weighted by atomic mass is 79.9. The topological polar surface area (TPSA) is 28.4 Å². The van der Waals surface area contributed by atoms with E-state index in [9.17, 15) is 0 Å². The Kier molecular flexibility index (Phi) is 5.81. The number of hydrogen-bond donors (Lipinski definition) is 1. The van der Waals surface area contributed by atoms with Crippen LogP contribution in [0.4, 0.5) is 0 Å². The Morgan fingerprint density at radius 3 is 3.00 bits per heavy atom. The fourth-order valence-electron chi connectivity index (χ4n) is 3.21. The molecule has 2 aromatic rings. The third-order valence-corrected chi connectivity index (χ3v) is 5.25. The van der Waals surface area contributed by atoms with Gasteiger partial charge in [0.15, 0.2) is 0 Å². The van der Waals surface area contributed by atoms with Crippen LogP contribution in [-0.4, -0.2) is 30.6 Å². The lowest BCUT2D eigenvalue weighted by Gasteiger charge is -2.22. The van der Waals surface area contributed by atoms with E-state index in [-0.39, 0.29) is 0 Å². The van der Waals surface area contributed by atoms with E-state index in [1.54, 1.807) is 0 Å². The summed E-state index contributed by atoms with van der Waals surface area (Å²) in [7, 11) is 0. The van der Waals surface area contributed by atoms with Gasteiger partial charge >= 0.3 is 0 Å². The maximum Gasteiger partial charge on any atom is 0.135 e. The molecule has 2 heterocycles. The molecule has 1 N–H and O–H groups in total. The van der Waals surface area contributed by atoms with Gasteiger partial charge in [-0.05, 0) is 56.3 Å². The molecule has 5 heteroatoms. The molecule has 0 spiro atoms. The number of rotatable bonds is 6. The van der Waals surface area contributed by atoms with Crippen LogP contribution in [0.1, 0.15) is 25.5 Å². The molecule has 3 rings (SSSR count). The van der Waals surface area contributed by atoms with Crippen LogP contribution < -0.4 is 5.32 Å². The SMILES string of the molecule is CCN1CCCC1CNCc1ccc(-c2ccc(Br)cc2Cl)o1. The summed E-state index contributed by atoms with van der Waals surface area (Å²) in [6.07, 6.45) is 2.60. The average molecular weight is 398 g/mol. The van der Waals surface area contributed by atoms with Crippen LogP contribution in [0.2, 0.25) is 5.02 Å². The summed E-state index contributed by atoms with van der Waals surface area (Å²) in [5, 5.41) is 4.21. The van der Waals surface area contributed by atoms with E-state index in [1.807, 2.05) is 30.3 Å². The molecule has 1 aliphatic rings. The molecule has 1 aliphatic heterocycles. The molecular weight excluding hydrogens is 376 g/mol. The second kappa shape index (κ2) is 7.84. The van der Waals surface area contributed by atoms with Gasteiger partial charge in [0.1, 0.15) is 11.5 Å². The normalized spacial score (nSPS) is 18.7. The lowest BCUT2D eigenvalue weighted by molar-refractivity contribution is 0.258. The van der Waals surface area contributed by atoms with Crippen molar-refractivity contribution in [1.29, 1.82) is 0 Å². The zero-order valence-corrected chi connectivity index (χ0v) is 15.7. The fraction of sp³-hybridized carbons (Fsp3) is 0.444. The standard InChI is InChI=1S/C18H22BrClN2O/c1-2-22-9-3-4-14(22)11-21-12-15-6-8-18(23-15)16-7-5-13(19)10-17(16)20/h5-8,10,14,21H,2-4,9,11-12H2,1H3. The molecule has 0 aliphatic carbocycles. The van der Waals surface area contributed by atoms with Crippen molar-refractivity contribution in [1.82, 2.24) is 10.2 Å². The summed E-state index contributed by atoms with van der Waals surface area (Å²) in [5.41, 5.74) is 0.925. The van der Waals surface area contributed by atoms with Crippen molar-refractivity contribution in [2.45, 2.75) is 32.4 Å². The highest BCUT2D eigenvalue weighted by Crippen LogP contribution is 2.31. The van der Waals surface area contributed by atoms with Crippen LogP contribution in [0.15, 0.2) is 39.2 Å². The number of likely N-dealkylation sites (N-methyl/N-ethyl adjacent to an activating group) is 1. The molecule has 0 radical (unpaired) electrons. The predicted molar refractivity (Wildman–Crippen MR) is 98.8 cm³/mol. The quantitative estimate of drug-likeness (QED) is 0.748. The lowest BCUT2D eigenvalue weighted by Crippen LogP contribution is -2.37. The number of benzene rings is 1. The molecule has 1 atom stereocenters. The van der Waals surface area contributed by atoms with Gasteiger partial charge in [-0.1, -0.05) is 34.5 Å². The van der Waals surface area contributed by atoms with Crippen LogP contribution >= 0.6 is 27.5 Å². The molecule has 0 saturated carbocycles. The molecule has 23 heavy (non-hydrogen) atoms. The van der Waals surface area contributed by atoms with E-state index in [0.717, 1.165) is 41.2 Å². The van der Waals surface area contributed by atoms with Crippen molar-refractivity contribution < 1.29 is 4.42 Å². The molecule has 0 bridgehead atoms. The molecule has 3 nitrogen and oxygen atoms in total. The number of likely N-dealkylation sites (tertiary alicyclic amines) is 1. The number of hydrogen-bond acceptors (Lipinski definition) is 3. The Bertz CT molecular complexity index is 658. The summed E-state index contributed by atoms with van der Waals surface area (Å²) >= 11 is 9.71. The Hall–Kier alpha value is -0.810. The van der Waals surface area contributed by atoms with Crippen molar-refractivity contribution in [3.05, 3.63) is 45.6 Å². The molecule has 1 unspecified atom stereocenters. The fourth-order valence-corrected chi connectivity index (χ4v) is 3.98. The Balaban J connectivity index is 1.57. The Labute approximate surface area is 151 Å². The number of furan rings is 1. The first-order valence-corrected chi connectivity index (χ1v) is 9.33. The summed E-state index contributed by atoms with van der Waals surface area (Å²) in [5.74, 6) is 1.76. The van der Waals surface area contributed by atoms with Gasteiger partial charge in [-0.15, -0.1) is 0 Å². The number of nitrogens with one attached hydrogen (secondary N) is 1. The monoisotopic (exact) mass is 396 g/mol. The summed E-state index contributed by atoms with van der Waals surface area (Å²) < 4.78 is 6.90. The van der Waals surface area contributed by atoms with Crippen molar-refractivity contribution in [2.24, 2.45) is 0 Å². The Morgan fingerprint density at radius 2 is 2.22 bits per heavy atom. The molecule has 124 valence electrons. The molecule has 0 amide bonds. The predicted octanol–water partition coefficient (Wildman–Crippen LogP) is 4.94. The van der Waals surface area contributed by atoms with Gasteiger partial charge < -0.3 is 9.73 Å².